The van der Waals surface area contributed by atoms with E-state index in [1.54, 1.807) is 12.1 Å². The summed E-state index contributed by atoms with van der Waals surface area (Å²) in [6.45, 7) is 2.19. The molecule has 2 aromatic carbocycles. The molecule has 0 aliphatic carbocycles. The lowest BCUT2D eigenvalue weighted by Crippen LogP contribution is -2.36. The minimum absolute atomic E-state index is 0.178. The van der Waals surface area contributed by atoms with E-state index in [0.29, 0.717) is 12.0 Å². The fourth-order valence-electron chi connectivity index (χ4n) is 3.99. The first kappa shape index (κ1) is 22.4. The van der Waals surface area contributed by atoms with Gasteiger partial charge in [-0.25, -0.2) is 17.6 Å². The van der Waals surface area contributed by atoms with Crippen molar-refractivity contribution in [2.45, 2.75) is 24.5 Å². The number of amides is 1. The molecule has 1 unspecified atom stereocenters. The van der Waals surface area contributed by atoms with Gasteiger partial charge in [0.05, 0.1) is 12.2 Å². The molecule has 0 radical (unpaired) electrons. The normalized spacial score (nSPS) is 20.7. The number of nitrogens with zero attached hydrogens (tertiary/aromatic N) is 2. The Morgan fingerprint density at radius 1 is 1.22 bits per heavy atom. The van der Waals surface area contributed by atoms with Crippen molar-refractivity contribution in [1.82, 2.24) is 4.90 Å². The number of hydrogen-bond acceptors (Lipinski definition) is 6. The summed E-state index contributed by atoms with van der Waals surface area (Å²) < 4.78 is 43.0. The summed E-state index contributed by atoms with van der Waals surface area (Å²) in [6.07, 6.45) is 1.54. The number of aliphatic hydroxyl groups excluding tert-OH is 1. The van der Waals surface area contributed by atoms with Crippen LogP contribution in [0.15, 0.2) is 54.6 Å². The molecule has 1 N–H and O–H groups in total. The fraction of sp³-hybridized carbons (Fsp3) is 0.348. The third-order valence-corrected chi connectivity index (χ3v) is 6.93. The van der Waals surface area contributed by atoms with Crippen molar-refractivity contribution in [3.8, 4) is 0 Å². The van der Waals surface area contributed by atoms with Gasteiger partial charge in [-0.3, -0.25) is 9.80 Å². The fourth-order valence-corrected chi connectivity index (χ4v) is 4.69. The number of cyclic esters (lactones) is 1. The van der Waals surface area contributed by atoms with Gasteiger partial charge in [0, 0.05) is 31.5 Å². The number of sulfone groups is 1. The predicted octanol–water partition coefficient (Wildman–Crippen LogP) is 2.80. The molecule has 0 saturated carbocycles. The number of anilines is 1. The van der Waals surface area contributed by atoms with Gasteiger partial charge >= 0.3 is 6.09 Å². The van der Waals surface area contributed by atoms with Crippen molar-refractivity contribution in [2.75, 3.05) is 30.8 Å². The molecule has 2 aliphatic heterocycles. The van der Waals surface area contributed by atoms with E-state index in [9.17, 15) is 22.7 Å². The standard InChI is InChI=1S/C23H25FN2O5S/c1-32(29,30)22(27)21-15-26(23(28)31-21)18-7-8-19(20(24)13-18)17-9-11-25(12-10-17)14-16-5-3-2-4-6-16/h2-9,13,21-22,27H,10-12,14-15H2,1H3/t21-,22?/m1/s1. The summed E-state index contributed by atoms with van der Waals surface area (Å²) in [6, 6.07) is 14.6. The second-order valence-corrected chi connectivity index (χ2v) is 10.3. The van der Waals surface area contributed by atoms with Crippen molar-refractivity contribution < 1.29 is 27.4 Å². The summed E-state index contributed by atoms with van der Waals surface area (Å²) in [5.41, 5.74) is 1.05. The smallest absolute Gasteiger partial charge is 0.414 e. The van der Waals surface area contributed by atoms with E-state index in [4.69, 9.17) is 4.74 Å². The summed E-state index contributed by atoms with van der Waals surface area (Å²) in [5.74, 6) is -0.467. The van der Waals surface area contributed by atoms with Crippen LogP contribution >= 0.6 is 0 Å². The highest BCUT2D eigenvalue weighted by molar-refractivity contribution is 7.91. The molecule has 2 aliphatic rings. The van der Waals surface area contributed by atoms with E-state index >= 15 is 0 Å². The lowest BCUT2D eigenvalue weighted by molar-refractivity contribution is 0.0751. The molecule has 2 aromatic rings. The number of hydrogen-bond donors (Lipinski definition) is 1. The van der Waals surface area contributed by atoms with Gasteiger partial charge in [0.25, 0.3) is 0 Å². The molecule has 0 aromatic heterocycles. The number of rotatable bonds is 6. The highest BCUT2D eigenvalue weighted by Gasteiger charge is 2.41. The lowest BCUT2D eigenvalue weighted by atomic mass is 9.98. The van der Waals surface area contributed by atoms with E-state index in [0.717, 1.165) is 36.4 Å². The zero-order valence-corrected chi connectivity index (χ0v) is 18.5. The summed E-state index contributed by atoms with van der Waals surface area (Å²) in [4.78, 5) is 15.6. The molecule has 7 nitrogen and oxygen atoms in total. The minimum Gasteiger partial charge on any atom is -0.440 e. The topological polar surface area (TPSA) is 87.2 Å². The first-order valence-corrected chi connectivity index (χ1v) is 12.3. The van der Waals surface area contributed by atoms with Gasteiger partial charge in [0.15, 0.2) is 21.4 Å². The van der Waals surface area contributed by atoms with Crippen LogP contribution in [0.25, 0.3) is 5.57 Å². The highest BCUT2D eigenvalue weighted by Crippen LogP contribution is 2.30. The summed E-state index contributed by atoms with van der Waals surface area (Å²) >= 11 is 0. The zero-order valence-electron chi connectivity index (χ0n) is 17.6. The van der Waals surface area contributed by atoms with Crippen LogP contribution in [0.5, 0.6) is 0 Å². The Bertz CT molecular complexity index is 1140. The van der Waals surface area contributed by atoms with Crippen LogP contribution in [0, 0.1) is 5.82 Å². The van der Waals surface area contributed by atoms with Crippen LogP contribution in [0.3, 0.4) is 0 Å². The number of benzene rings is 2. The lowest BCUT2D eigenvalue weighted by Gasteiger charge is -2.27. The number of ether oxygens (including phenoxy) is 1. The predicted molar refractivity (Wildman–Crippen MR) is 119 cm³/mol. The van der Waals surface area contributed by atoms with Crippen molar-refractivity contribution in [1.29, 1.82) is 0 Å². The first-order valence-electron chi connectivity index (χ1n) is 10.3. The molecule has 0 bridgehead atoms. The Morgan fingerprint density at radius 3 is 2.59 bits per heavy atom. The number of carbonyl (C=O) groups excluding carboxylic acids is 1. The second-order valence-electron chi connectivity index (χ2n) is 8.12. The van der Waals surface area contributed by atoms with Crippen molar-refractivity contribution in [3.05, 3.63) is 71.6 Å². The summed E-state index contributed by atoms with van der Waals surface area (Å²) in [7, 11) is -3.80. The van der Waals surface area contributed by atoms with Crippen molar-refractivity contribution >= 4 is 27.2 Å². The van der Waals surface area contributed by atoms with Gasteiger partial charge in [-0.05, 0) is 35.8 Å². The van der Waals surface area contributed by atoms with Crippen LogP contribution in [0.1, 0.15) is 17.5 Å². The van der Waals surface area contributed by atoms with Crippen LogP contribution < -0.4 is 4.90 Å². The number of carbonyl (C=O) groups is 1. The number of halogens is 1. The molecule has 9 heteroatoms. The van der Waals surface area contributed by atoms with Crippen LogP contribution in [0.4, 0.5) is 14.9 Å². The van der Waals surface area contributed by atoms with Crippen LogP contribution in [-0.4, -0.2) is 61.9 Å². The molecule has 4 rings (SSSR count). The van der Waals surface area contributed by atoms with E-state index in [1.165, 1.54) is 11.6 Å². The molecular weight excluding hydrogens is 435 g/mol. The first-order chi connectivity index (χ1) is 15.2. The maximum absolute atomic E-state index is 14.9. The molecule has 2 heterocycles. The van der Waals surface area contributed by atoms with Gasteiger partial charge in [0.1, 0.15) is 5.82 Å². The Hall–Kier alpha value is -2.75. The van der Waals surface area contributed by atoms with Gasteiger partial charge in [-0.15, -0.1) is 0 Å². The van der Waals surface area contributed by atoms with E-state index in [1.807, 2.05) is 24.3 Å². The maximum Gasteiger partial charge on any atom is 0.414 e. The Morgan fingerprint density at radius 2 is 1.97 bits per heavy atom. The van der Waals surface area contributed by atoms with Crippen molar-refractivity contribution in [3.63, 3.8) is 0 Å². The Balaban J connectivity index is 1.44. The molecule has 32 heavy (non-hydrogen) atoms. The largest absolute Gasteiger partial charge is 0.440 e. The van der Waals surface area contributed by atoms with Gasteiger partial charge in [-0.2, -0.15) is 0 Å². The van der Waals surface area contributed by atoms with E-state index in [-0.39, 0.29) is 12.2 Å². The van der Waals surface area contributed by atoms with Gasteiger partial charge in [-0.1, -0.05) is 36.4 Å². The quantitative estimate of drug-likeness (QED) is 0.714. The SMILES string of the molecule is CS(=O)(=O)C(O)[C@H]1CN(c2ccc(C3=CCN(Cc4ccccc4)CC3)c(F)c2)C(=O)O1. The molecule has 1 fully saturated rings. The second kappa shape index (κ2) is 9.01. The number of aliphatic hydroxyl groups is 1. The monoisotopic (exact) mass is 460 g/mol. The van der Waals surface area contributed by atoms with Crippen LogP contribution in [-0.2, 0) is 21.1 Å². The Kier molecular flexibility index (Phi) is 6.32. The van der Waals surface area contributed by atoms with Gasteiger partial charge < -0.3 is 9.84 Å². The summed E-state index contributed by atoms with van der Waals surface area (Å²) in [5, 5.41) is 9.87. The third-order valence-electron chi connectivity index (χ3n) is 5.74. The zero-order chi connectivity index (χ0) is 22.9. The Labute approximate surface area is 186 Å². The third kappa shape index (κ3) is 4.85. The molecule has 1 amide bonds. The highest BCUT2D eigenvalue weighted by atomic mass is 32.2. The van der Waals surface area contributed by atoms with E-state index < -0.39 is 33.3 Å². The molecule has 170 valence electrons. The molecule has 2 atom stereocenters. The maximum atomic E-state index is 14.9. The van der Waals surface area contributed by atoms with Crippen molar-refractivity contribution in [2.24, 2.45) is 0 Å². The van der Waals surface area contributed by atoms with Gasteiger partial charge in [0.2, 0.25) is 0 Å². The average Bonchev–Trinajstić information content (AvgIpc) is 3.15. The van der Waals surface area contributed by atoms with Crippen LogP contribution in [0.2, 0.25) is 0 Å². The molecular formula is C23H25FN2O5S. The average molecular weight is 461 g/mol. The molecule has 0 spiro atoms. The van der Waals surface area contributed by atoms with E-state index in [2.05, 4.69) is 17.0 Å². The molecule has 1 saturated heterocycles. The minimum atomic E-state index is -3.80.